The fourth-order valence-electron chi connectivity index (χ4n) is 1.67. The lowest BCUT2D eigenvalue weighted by Crippen LogP contribution is -2.43. The largest absolute Gasteiger partial charge is 0.345 e. The number of nitrogens with one attached hydrogen (secondary N) is 1. The minimum Gasteiger partial charge on any atom is -0.345 e. The molecule has 0 radical (unpaired) electrons. The Morgan fingerprint density at radius 3 is 2.71 bits per heavy atom. The molecule has 2 rings (SSSR count). The number of rotatable bonds is 4. The predicted octanol–water partition coefficient (Wildman–Crippen LogP) is 1.14. The zero-order chi connectivity index (χ0) is 12.1. The van der Waals surface area contributed by atoms with Crippen LogP contribution in [-0.2, 0) is 6.42 Å². The number of nitrogens with zero attached hydrogens (tertiary/aromatic N) is 2. The third-order valence-electron chi connectivity index (χ3n) is 2.92. The summed E-state index contributed by atoms with van der Waals surface area (Å²) in [5, 5.41) is 0. The van der Waals surface area contributed by atoms with Crippen molar-refractivity contribution < 1.29 is 0 Å². The van der Waals surface area contributed by atoms with E-state index in [4.69, 9.17) is 5.84 Å². The second-order valence-corrected chi connectivity index (χ2v) is 4.49. The second-order valence-electron chi connectivity index (χ2n) is 4.49. The Hall–Kier alpha value is -1.55. The number of guanidine groups is 1. The third kappa shape index (κ3) is 3.75. The van der Waals surface area contributed by atoms with Crippen molar-refractivity contribution in [2.45, 2.75) is 25.3 Å². The van der Waals surface area contributed by atoms with Crippen molar-refractivity contribution in [3.05, 3.63) is 35.9 Å². The van der Waals surface area contributed by atoms with Gasteiger partial charge in [0.15, 0.2) is 0 Å². The molecule has 17 heavy (non-hydrogen) atoms. The summed E-state index contributed by atoms with van der Waals surface area (Å²) in [6, 6.07) is 10.9. The molecule has 4 nitrogen and oxygen atoms in total. The standard InChI is InChI=1S/C13H20N4/c1-17(13(16-14)15-12-7-8-12)10-9-11-5-3-2-4-6-11/h2-6,12H,7-10,14H2,1H3,(H,15,16). The SMILES string of the molecule is CN(CCc1ccccc1)C(=NC1CC1)NN. The van der Waals surface area contributed by atoms with Crippen LogP contribution in [0.25, 0.3) is 0 Å². The van der Waals surface area contributed by atoms with Crippen molar-refractivity contribution in [1.29, 1.82) is 0 Å². The van der Waals surface area contributed by atoms with E-state index in [1.807, 2.05) is 13.1 Å². The third-order valence-corrected chi connectivity index (χ3v) is 2.92. The van der Waals surface area contributed by atoms with Gasteiger partial charge in [0.2, 0.25) is 5.96 Å². The summed E-state index contributed by atoms with van der Waals surface area (Å²) in [7, 11) is 2.02. The molecule has 1 aromatic rings. The smallest absolute Gasteiger partial charge is 0.208 e. The van der Waals surface area contributed by atoms with E-state index in [9.17, 15) is 0 Å². The van der Waals surface area contributed by atoms with E-state index < -0.39 is 0 Å². The van der Waals surface area contributed by atoms with Gasteiger partial charge in [0.05, 0.1) is 6.04 Å². The minimum absolute atomic E-state index is 0.486. The molecule has 1 aliphatic carbocycles. The maximum atomic E-state index is 5.50. The van der Waals surface area contributed by atoms with Gasteiger partial charge in [-0.2, -0.15) is 0 Å². The Morgan fingerprint density at radius 2 is 2.12 bits per heavy atom. The molecule has 0 aromatic heterocycles. The van der Waals surface area contributed by atoms with Gasteiger partial charge >= 0.3 is 0 Å². The molecule has 0 aliphatic heterocycles. The summed E-state index contributed by atoms with van der Waals surface area (Å²) >= 11 is 0. The molecule has 0 heterocycles. The van der Waals surface area contributed by atoms with Crippen LogP contribution in [-0.4, -0.2) is 30.5 Å². The van der Waals surface area contributed by atoms with E-state index in [0.717, 1.165) is 18.9 Å². The first-order valence-corrected chi connectivity index (χ1v) is 6.09. The first kappa shape index (κ1) is 11.9. The average molecular weight is 232 g/mol. The number of hydrogen-bond acceptors (Lipinski definition) is 2. The molecule has 1 fully saturated rings. The molecular formula is C13H20N4. The van der Waals surface area contributed by atoms with Crippen LogP contribution < -0.4 is 11.3 Å². The molecule has 0 amide bonds. The fourth-order valence-corrected chi connectivity index (χ4v) is 1.67. The highest BCUT2D eigenvalue weighted by Crippen LogP contribution is 2.23. The summed E-state index contributed by atoms with van der Waals surface area (Å²) < 4.78 is 0. The van der Waals surface area contributed by atoms with Gasteiger partial charge in [0.1, 0.15) is 0 Å². The number of likely N-dealkylation sites (N-methyl/N-ethyl adjacent to an activating group) is 1. The van der Waals surface area contributed by atoms with Gasteiger partial charge in [-0.3, -0.25) is 5.43 Å². The van der Waals surface area contributed by atoms with Crippen LogP contribution in [0.15, 0.2) is 35.3 Å². The molecule has 1 saturated carbocycles. The summed E-state index contributed by atoms with van der Waals surface area (Å²) in [6.07, 6.45) is 3.39. The zero-order valence-corrected chi connectivity index (χ0v) is 10.3. The van der Waals surface area contributed by atoms with Gasteiger partial charge in [-0.1, -0.05) is 30.3 Å². The molecule has 3 N–H and O–H groups in total. The molecule has 0 unspecified atom stereocenters. The average Bonchev–Trinajstić information content (AvgIpc) is 3.18. The van der Waals surface area contributed by atoms with Crippen LogP contribution >= 0.6 is 0 Å². The Kier molecular flexibility index (Phi) is 3.98. The summed E-state index contributed by atoms with van der Waals surface area (Å²) in [4.78, 5) is 6.60. The van der Waals surface area contributed by atoms with Crippen molar-refractivity contribution >= 4 is 5.96 Å². The van der Waals surface area contributed by atoms with Crippen molar-refractivity contribution in [3.63, 3.8) is 0 Å². The van der Waals surface area contributed by atoms with Gasteiger partial charge in [0.25, 0.3) is 0 Å². The molecule has 0 spiro atoms. The number of benzene rings is 1. The van der Waals surface area contributed by atoms with Crippen LogP contribution in [0.4, 0.5) is 0 Å². The lowest BCUT2D eigenvalue weighted by atomic mass is 10.1. The van der Waals surface area contributed by atoms with Crippen molar-refractivity contribution in [1.82, 2.24) is 10.3 Å². The molecule has 4 heteroatoms. The number of nitrogens with two attached hydrogens (primary N) is 1. The predicted molar refractivity (Wildman–Crippen MR) is 70.6 cm³/mol. The fraction of sp³-hybridized carbons (Fsp3) is 0.462. The van der Waals surface area contributed by atoms with Crippen LogP contribution in [0.1, 0.15) is 18.4 Å². The monoisotopic (exact) mass is 232 g/mol. The Bertz CT molecular complexity index is 370. The summed E-state index contributed by atoms with van der Waals surface area (Å²) in [5.74, 6) is 6.29. The van der Waals surface area contributed by atoms with Crippen LogP contribution in [0.2, 0.25) is 0 Å². The van der Waals surface area contributed by atoms with Gasteiger partial charge in [-0.05, 0) is 24.8 Å². The highest BCUT2D eigenvalue weighted by molar-refractivity contribution is 5.79. The molecular weight excluding hydrogens is 212 g/mol. The molecule has 1 aliphatic rings. The molecule has 0 atom stereocenters. The van der Waals surface area contributed by atoms with E-state index in [-0.39, 0.29) is 0 Å². The maximum Gasteiger partial charge on any atom is 0.208 e. The van der Waals surface area contributed by atoms with Gasteiger partial charge in [-0.25, -0.2) is 10.8 Å². The van der Waals surface area contributed by atoms with Crippen molar-refractivity contribution in [3.8, 4) is 0 Å². The van der Waals surface area contributed by atoms with Crippen LogP contribution in [0.3, 0.4) is 0 Å². The zero-order valence-electron chi connectivity index (χ0n) is 10.3. The second kappa shape index (κ2) is 5.68. The van der Waals surface area contributed by atoms with Gasteiger partial charge in [-0.15, -0.1) is 0 Å². The normalized spacial score (nSPS) is 15.8. The van der Waals surface area contributed by atoms with Crippen LogP contribution in [0.5, 0.6) is 0 Å². The highest BCUT2D eigenvalue weighted by Gasteiger charge is 2.21. The molecule has 92 valence electrons. The Balaban J connectivity index is 1.85. The van der Waals surface area contributed by atoms with E-state index in [0.29, 0.717) is 6.04 Å². The number of aliphatic imine (C=N–C) groups is 1. The number of hydrazine groups is 1. The summed E-state index contributed by atoms with van der Waals surface area (Å²) in [5.41, 5.74) is 4.02. The van der Waals surface area contributed by atoms with Gasteiger partial charge in [0, 0.05) is 13.6 Å². The van der Waals surface area contributed by atoms with E-state index in [1.165, 1.54) is 18.4 Å². The first-order valence-electron chi connectivity index (χ1n) is 6.09. The minimum atomic E-state index is 0.486. The van der Waals surface area contributed by atoms with Crippen molar-refractivity contribution in [2.24, 2.45) is 10.8 Å². The van der Waals surface area contributed by atoms with Crippen molar-refractivity contribution in [2.75, 3.05) is 13.6 Å². The van der Waals surface area contributed by atoms with E-state index >= 15 is 0 Å². The topological polar surface area (TPSA) is 53.6 Å². The first-order chi connectivity index (χ1) is 8.29. The number of hydrogen-bond donors (Lipinski definition) is 2. The highest BCUT2D eigenvalue weighted by atomic mass is 15.4. The van der Waals surface area contributed by atoms with Crippen LogP contribution in [0, 0.1) is 0 Å². The summed E-state index contributed by atoms with van der Waals surface area (Å²) in [6.45, 7) is 0.916. The van der Waals surface area contributed by atoms with Gasteiger partial charge < -0.3 is 4.90 Å². The van der Waals surface area contributed by atoms with E-state index in [2.05, 4.69) is 39.6 Å². The molecule has 0 saturated heterocycles. The van der Waals surface area contributed by atoms with E-state index in [1.54, 1.807) is 0 Å². The lowest BCUT2D eigenvalue weighted by molar-refractivity contribution is 0.485. The quantitative estimate of drug-likeness (QED) is 0.354. The maximum absolute atomic E-state index is 5.50. The molecule has 1 aromatic carbocycles. The lowest BCUT2D eigenvalue weighted by Gasteiger charge is -2.20. The Labute approximate surface area is 102 Å². The Morgan fingerprint density at radius 1 is 1.41 bits per heavy atom. The molecule has 0 bridgehead atoms.